The molecule has 1 unspecified atom stereocenters. The zero-order valence-electron chi connectivity index (χ0n) is 7.76. The summed E-state index contributed by atoms with van der Waals surface area (Å²) in [5.41, 5.74) is 0. The summed E-state index contributed by atoms with van der Waals surface area (Å²) in [5.74, 6) is 4.80. The zero-order chi connectivity index (χ0) is 8.58. The van der Waals surface area contributed by atoms with Crippen molar-refractivity contribution in [3.63, 3.8) is 0 Å². The SMILES string of the molecule is OC1[C@@H]2CC[C@@H]1[C@H]1[C@@H]2[C@H]2C=C[C@H]1C2. The summed E-state index contributed by atoms with van der Waals surface area (Å²) >= 11 is 0. The lowest BCUT2D eigenvalue weighted by atomic mass is 9.73. The van der Waals surface area contributed by atoms with Gasteiger partial charge in [-0.05, 0) is 54.8 Å². The molecule has 0 aromatic rings. The fourth-order valence-corrected chi connectivity index (χ4v) is 4.99. The average molecular weight is 176 g/mol. The predicted octanol–water partition coefficient (Wildman–Crippen LogP) is 1.83. The number of aliphatic hydroxyl groups is 1. The molecule has 1 heteroatoms. The number of aliphatic hydroxyl groups excluding tert-OH is 1. The van der Waals surface area contributed by atoms with E-state index in [1.807, 2.05) is 0 Å². The lowest BCUT2D eigenvalue weighted by Gasteiger charge is -2.31. The highest BCUT2D eigenvalue weighted by Gasteiger charge is 2.61. The van der Waals surface area contributed by atoms with Crippen molar-refractivity contribution in [3.05, 3.63) is 12.2 Å². The summed E-state index contributed by atoms with van der Waals surface area (Å²) in [6.07, 6.45) is 8.96. The first kappa shape index (κ1) is 7.05. The number of hydrogen-bond donors (Lipinski definition) is 1. The van der Waals surface area contributed by atoms with Crippen molar-refractivity contribution < 1.29 is 5.11 Å². The maximum absolute atomic E-state index is 10.1. The van der Waals surface area contributed by atoms with Crippen LogP contribution in [0.4, 0.5) is 0 Å². The van der Waals surface area contributed by atoms with Crippen LogP contribution in [0.25, 0.3) is 0 Å². The molecule has 0 aromatic carbocycles. The van der Waals surface area contributed by atoms with Crippen molar-refractivity contribution in [2.45, 2.75) is 25.4 Å². The molecule has 0 spiro atoms. The molecule has 0 aromatic heterocycles. The first-order valence-corrected chi connectivity index (χ1v) is 5.72. The lowest BCUT2D eigenvalue weighted by molar-refractivity contribution is 0.109. The van der Waals surface area contributed by atoms with Crippen LogP contribution in [0.3, 0.4) is 0 Å². The molecule has 4 aliphatic rings. The molecule has 0 amide bonds. The Kier molecular flexibility index (Phi) is 1.10. The summed E-state index contributed by atoms with van der Waals surface area (Å²) in [7, 11) is 0. The smallest absolute Gasteiger partial charge is 0.0602 e. The van der Waals surface area contributed by atoms with Crippen molar-refractivity contribution >= 4 is 0 Å². The summed E-state index contributed by atoms with van der Waals surface area (Å²) < 4.78 is 0. The Bertz CT molecular complexity index is 257. The van der Waals surface area contributed by atoms with Crippen molar-refractivity contribution in [3.8, 4) is 0 Å². The molecule has 0 heterocycles. The molecule has 1 nitrogen and oxygen atoms in total. The molecule has 7 atom stereocenters. The first-order valence-electron chi connectivity index (χ1n) is 5.72. The van der Waals surface area contributed by atoms with Gasteiger partial charge in [0.1, 0.15) is 0 Å². The van der Waals surface area contributed by atoms with Crippen molar-refractivity contribution in [1.29, 1.82) is 0 Å². The van der Waals surface area contributed by atoms with Gasteiger partial charge in [0.2, 0.25) is 0 Å². The third kappa shape index (κ3) is 0.633. The minimum absolute atomic E-state index is 0.0696. The highest BCUT2D eigenvalue weighted by Crippen LogP contribution is 2.65. The van der Waals surface area contributed by atoms with E-state index in [2.05, 4.69) is 12.2 Å². The van der Waals surface area contributed by atoms with E-state index < -0.39 is 0 Å². The highest BCUT2D eigenvalue weighted by molar-refractivity contribution is 5.21. The molecule has 0 aliphatic heterocycles. The molecule has 3 fully saturated rings. The average Bonchev–Trinajstić information content (AvgIpc) is 2.84. The monoisotopic (exact) mass is 176 g/mol. The molecule has 4 aliphatic carbocycles. The number of rotatable bonds is 0. The predicted molar refractivity (Wildman–Crippen MR) is 49.9 cm³/mol. The van der Waals surface area contributed by atoms with Gasteiger partial charge >= 0.3 is 0 Å². The Morgan fingerprint density at radius 1 is 0.923 bits per heavy atom. The lowest BCUT2D eigenvalue weighted by Crippen LogP contribution is -2.25. The van der Waals surface area contributed by atoms with E-state index in [9.17, 15) is 5.11 Å². The van der Waals surface area contributed by atoms with E-state index in [0.717, 1.165) is 23.7 Å². The Hall–Kier alpha value is -0.300. The molecule has 3 saturated carbocycles. The van der Waals surface area contributed by atoms with E-state index in [0.29, 0.717) is 11.8 Å². The molecule has 0 radical (unpaired) electrons. The van der Waals surface area contributed by atoms with E-state index >= 15 is 0 Å². The normalized spacial score (nSPS) is 66.4. The van der Waals surface area contributed by atoms with Crippen LogP contribution in [0.1, 0.15) is 19.3 Å². The molecule has 1 N–H and O–H groups in total. The van der Waals surface area contributed by atoms with Crippen LogP contribution in [0, 0.1) is 35.5 Å². The Morgan fingerprint density at radius 2 is 1.46 bits per heavy atom. The topological polar surface area (TPSA) is 20.2 Å². The summed E-state index contributed by atoms with van der Waals surface area (Å²) in [6, 6.07) is 0. The van der Waals surface area contributed by atoms with Crippen molar-refractivity contribution in [1.82, 2.24) is 0 Å². The van der Waals surface area contributed by atoms with Gasteiger partial charge in [-0.15, -0.1) is 0 Å². The Balaban J connectivity index is 1.81. The molecule has 4 bridgehead atoms. The van der Waals surface area contributed by atoms with E-state index in [4.69, 9.17) is 0 Å². The van der Waals surface area contributed by atoms with Crippen LogP contribution in [-0.2, 0) is 0 Å². The largest absolute Gasteiger partial charge is 0.393 e. The summed E-state index contributed by atoms with van der Waals surface area (Å²) in [5, 5.41) is 10.1. The van der Waals surface area contributed by atoms with Crippen LogP contribution < -0.4 is 0 Å². The second-order valence-corrected chi connectivity index (χ2v) is 5.50. The number of fused-ring (bicyclic) bond motifs is 9. The van der Waals surface area contributed by atoms with Crippen LogP contribution in [0.15, 0.2) is 12.2 Å². The maximum Gasteiger partial charge on any atom is 0.0602 e. The standard InChI is InChI=1S/C12H16O/c13-12-8-3-4-9(12)11-7-2-1-6(5-7)10(8)11/h1-2,6-13H,3-5H2/t6-,7-,8+,9+,10-,11+,12?/m0/s1. The van der Waals surface area contributed by atoms with E-state index in [1.165, 1.54) is 19.3 Å². The zero-order valence-corrected chi connectivity index (χ0v) is 7.76. The minimum atomic E-state index is 0.0696. The van der Waals surface area contributed by atoms with Gasteiger partial charge in [0, 0.05) is 0 Å². The Morgan fingerprint density at radius 3 is 2.00 bits per heavy atom. The highest BCUT2D eigenvalue weighted by atomic mass is 16.3. The second-order valence-electron chi connectivity index (χ2n) is 5.50. The molecule has 4 rings (SSSR count). The van der Waals surface area contributed by atoms with Gasteiger partial charge in [0.05, 0.1) is 6.10 Å². The number of hydrogen-bond acceptors (Lipinski definition) is 1. The first-order chi connectivity index (χ1) is 6.36. The molecule has 70 valence electrons. The fourth-order valence-electron chi connectivity index (χ4n) is 4.99. The Labute approximate surface area is 78.8 Å². The fraction of sp³-hybridized carbons (Fsp3) is 0.833. The van der Waals surface area contributed by atoms with Crippen LogP contribution in [-0.4, -0.2) is 11.2 Å². The van der Waals surface area contributed by atoms with Crippen LogP contribution in [0.5, 0.6) is 0 Å². The van der Waals surface area contributed by atoms with Gasteiger partial charge in [-0.2, -0.15) is 0 Å². The summed E-state index contributed by atoms with van der Waals surface area (Å²) in [4.78, 5) is 0. The van der Waals surface area contributed by atoms with Gasteiger partial charge in [-0.25, -0.2) is 0 Å². The number of allylic oxidation sites excluding steroid dienone is 2. The maximum atomic E-state index is 10.1. The second kappa shape index (κ2) is 2.03. The van der Waals surface area contributed by atoms with Gasteiger partial charge in [-0.3, -0.25) is 0 Å². The van der Waals surface area contributed by atoms with Crippen LogP contribution >= 0.6 is 0 Å². The van der Waals surface area contributed by atoms with E-state index in [-0.39, 0.29) is 6.10 Å². The quantitative estimate of drug-likeness (QED) is 0.441. The van der Waals surface area contributed by atoms with Gasteiger partial charge in [0.25, 0.3) is 0 Å². The molecular weight excluding hydrogens is 160 g/mol. The van der Waals surface area contributed by atoms with Crippen molar-refractivity contribution in [2.75, 3.05) is 0 Å². The van der Waals surface area contributed by atoms with E-state index in [1.54, 1.807) is 0 Å². The van der Waals surface area contributed by atoms with Gasteiger partial charge in [-0.1, -0.05) is 12.2 Å². The molecule has 0 saturated heterocycles. The van der Waals surface area contributed by atoms with Crippen molar-refractivity contribution in [2.24, 2.45) is 35.5 Å². The minimum Gasteiger partial charge on any atom is -0.393 e. The third-order valence-corrected chi connectivity index (χ3v) is 5.28. The molecular formula is C12H16O. The third-order valence-electron chi connectivity index (χ3n) is 5.28. The van der Waals surface area contributed by atoms with Gasteiger partial charge in [0.15, 0.2) is 0 Å². The van der Waals surface area contributed by atoms with Gasteiger partial charge < -0.3 is 5.11 Å². The summed E-state index contributed by atoms with van der Waals surface area (Å²) in [6.45, 7) is 0. The van der Waals surface area contributed by atoms with Crippen LogP contribution in [0.2, 0.25) is 0 Å². The molecule has 13 heavy (non-hydrogen) atoms.